The molecular formula is C9H14N4O4S. The topological polar surface area (TPSA) is 115 Å². The van der Waals surface area contributed by atoms with Crippen LogP contribution in [0.25, 0.3) is 0 Å². The van der Waals surface area contributed by atoms with E-state index in [1.54, 1.807) is 0 Å². The molecule has 2 rings (SSSR count). The van der Waals surface area contributed by atoms with Crippen molar-refractivity contribution in [3.05, 3.63) is 27.0 Å². The molecule has 9 heteroatoms. The molecule has 0 saturated carbocycles. The Bertz CT molecular complexity index is 647. The summed E-state index contributed by atoms with van der Waals surface area (Å²) in [6.07, 6.45) is 0.934. The van der Waals surface area contributed by atoms with Gasteiger partial charge in [-0.1, -0.05) is 0 Å². The molecule has 0 amide bonds. The van der Waals surface area contributed by atoms with Gasteiger partial charge in [-0.05, 0) is 6.92 Å². The predicted octanol–water partition coefficient (Wildman–Crippen LogP) is -1.95. The van der Waals surface area contributed by atoms with Crippen molar-refractivity contribution in [3.8, 4) is 0 Å². The van der Waals surface area contributed by atoms with Crippen LogP contribution in [0.15, 0.2) is 20.7 Å². The zero-order valence-electron chi connectivity index (χ0n) is 9.76. The monoisotopic (exact) mass is 274 g/mol. The number of hydrogen-bond acceptors (Lipinski definition) is 5. The molecule has 0 aromatic carbocycles. The number of aromatic amines is 2. The van der Waals surface area contributed by atoms with Gasteiger partial charge in [-0.3, -0.25) is 9.78 Å². The summed E-state index contributed by atoms with van der Waals surface area (Å²) in [5.41, 5.74) is -1.63. The van der Waals surface area contributed by atoms with Crippen LogP contribution in [0.2, 0.25) is 0 Å². The lowest BCUT2D eigenvalue weighted by molar-refractivity contribution is 0.310. The van der Waals surface area contributed by atoms with Crippen LogP contribution in [0.5, 0.6) is 0 Å². The van der Waals surface area contributed by atoms with Gasteiger partial charge in [0.15, 0.2) is 4.90 Å². The van der Waals surface area contributed by atoms with Gasteiger partial charge in [-0.15, -0.1) is 0 Å². The van der Waals surface area contributed by atoms with Crippen LogP contribution in [0, 0.1) is 0 Å². The summed E-state index contributed by atoms with van der Waals surface area (Å²) < 4.78 is 25.7. The average molecular weight is 274 g/mol. The molecule has 1 aliphatic rings. The van der Waals surface area contributed by atoms with Crippen molar-refractivity contribution in [2.45, 2.75) is 17.9 Å². The van der Waals surface area contributed by atoms with Crippen molar-refractivity contribution in [2.24, 2.45) is 0 Å². The Hall–Kier alpha value is -1.45. The molecule has 1 saturated heterocycles. The van der Waals surface area contributed by atoms with Crippen LogP contribution in [-0.2, 0) is 10.0 Å². The number of H-pyrrole nitrogens is 2. The van der Waals surface area contributed by atoms with Gasteiger partial charge in [0.05, 0.1) is 0 Å². The number of aromatic nitrogens is 2. The fourth-order valence-electron chi connectivity index (χ4n) is 1.84. The van der Waals surface area contributed by atoms with E-state index in [4.69, 9.17) is 0 Å². The van der Waals surface area contributed by atoms with Crippen LogP contribution in [0.3, 0.4) is 0 Å². The van der Waals surface area contributed by atoms with Crippen LogP contribution in [-0.4, -0.2) is 48.4 Å². The largest absolute Gasteiger partial charge is 0.325 e. The number of nitrogens with one attached hydrogen (secondary N) is 3. The lowest BCUT2D eigenvalue weighted by Crippen LogP contribution is -2.52. The van der Waals surface area contributed by atoms with E-state index < -0.39 is 26.2 Å². The van der Waals surface area contributed by atoms with Gasteiger partial charge >= 0.3 is 5.69 Å². The Morgan fingerprint density at radius 2 is 2.11 bits per heavy atom. The second kappa shape index (κ2) is 4.67. The Kier molecular flexibility index (Phi) is 3.37. The smallest absolute Gasteiger partial charge is 0.313 e. The number of rotatable bonds is 2. The number of piperazine rings is 1. The van der Waals surface area contributed by atoms with E-state index in [0.717, 1.165) is 6.20 Å². The first kappa shape index (κ1) is 13.0. The molecule has 0 aliphatic carbocycles. The molecule has 1 unspecified atom stereocenters. The van der Waals surface area contributed by atoms with Gasteiger partial charge in [0.1, 0.15) is 0 Å². The lowest BCUT2D eigenvalue weighted by Gasteiger charge is -2.30. The van der Waals surface area contributed by atoms with E-state index in [9.17, 15) is 18.0 Å². The Morgan fingerprint density at radius 1 is 1.39 bits per heavy atom. The molecule has 18 heavy (non-hydrogen) atoms. The van der Waals surface area contributed by atoms with E-state index in [2.05, 4.69) is 10.3 Å². The summed E-state index contributed by atoms with van der Waals surface area (Å²) in [6.45, 7) is 2.98. The first-order valence-corrected chi connectivity index (χ1v) is 6.91. The fourth-order valence-corrected chi connectivity index (χ4v) is 3.37. The highest BCUT2D eigenvalue weighted by Gasteiger charge is 2.30. The molecule has 0 radical (unpaired) electrons. The Balaban J connectivity index is 2.42. The van der Waals surface area contributed by atoms with Crippen molar-refractivity contribution >= 4 is 10.0 Å². The van der Waals surface area contributed by atoms with Crippen LogP contribution in [0.1, 0.15) is 6.92 Å². The summed E-state index contributed by atoms with van der Waals surface area (Å²) in [5, 5.41) is 3.11. The van der Waals surface area contributed by atoms with E-state index in [-0.39, 0.29) is 6.04 Å². The number of nitrogens with zero attached hydrogens (tertiary/aromatic N) is 1. The van der Waals surface area contributed by atoms with E-state index in [1.165, 1.54) is 4.31 Å². The number of hydrogen-bond donors (Lipinski definition) is 3. The molecule has 2 heterocycles. The Morgan fingerprint density at radius 3 is 2.72 bits per heavy atom. The zero-order chi connectivity index (χ0) is 13.3. The molecule has 8 nitrogen and oxygen atoms in total. The highest BCUT2D eigenvalue weighted by Crippen LogP contribution is 2.12. The molecule has 1 fully saturated rings. The van der Waals surface area contributed by atoms with Gasteiger partial charge in [-0.2, -0.15) is 4.31 Å². The molecule has 1 atom stereocenters. The van der Waals surface area contributed by atoms with Gasteiger partial charge in [0.25, 0.3) is 5.56 Å². The molecule has 0 bridgehead atoms. The maximum Gasteiger partial charge on any atom is 0.325 e. The zero-order valence-corrected chi connectivity index (χ0v) is 10.6. The second-order valence-corrected chi connectivity index (χ2v) is 6.06. The average Bonchev–Trinajstić information content (AvgIpc) is 2.28. The fraction of sp³-hybridized carbons (Fsp3) is 0.556. The van der Waals surface area contributed by atoms with Crippen molar-refractivity contribution in [1.82, 2.24) is 19.6 Å². The molecule has 1 aromatic heterocycles. The highest BCUT2D eigenvalue weighted by molar-refractivity contribution is 7.89. The quantitative estimate of drug-likeness (QED) is 0.579. The van der Waals surface area contributed by atoms with Gasteiger partial charge in [0, 0.05) is 31.9 Å². The highest BCUT2D eigenvalue weighted by atomic mass is 32.2. The third-order valence-corrected chi connectivity index (χ3v) is 4.61. The predicted molar refractivity (Wildman–Crippen MR) is 63.9 cm³/mol. The number of sulfonamides is 1. The van der Waals surface area contributed by atoms with E-state index in [0.29, 0.717) is 19.6 Å². The Labute approximate surface area is 103 Å². The minimum atomic E-state index is -3.86. The van der Waals surface area contributed by atoms with Crippen molar-refractivity contribution in [1.29, 1.82) is 0 Å². The standard InChI is InChI=1S/C9H14N4O4S/c1-6-5-13(3-2-10-6)18(16,17)7-4-11-9(15)12-8(7)14/h4,6,10H,2-3,5H2,1H3,(H2,11,12,14,15). The van der Waals surface area contributed by atoms with Crippen LogP contribution in [0.4, 0.5) is 0 Å². The molecule has 100 valence electrons. The van der Waals surface area contributed by atoms with Crippen LogP contribution < -0.4 is 16.6 Å². The first-order chi connectivity index (χ1) is 8.41. The summed E-state index contributed by atoms with van der Waals surface area (Å²) in [6, 6.07) is 0.0235. The summed E-state index contributed by atoms with van der Waals surface area (Å²) in [4.78, 5) is 26.0. The summed E-state index contributed by atoms with van der Waals surface area (Å²) in [5.74, 6) is 0. The summed E-state index contributed by atoms with van der Waals surface area (Å²) >= 11 is 0. The minimum absolute atomic E-state index is 0.0235. The third kappa shape index (κ3) is 2.37. The molecular weight excluding hydrogens is 260 g/mol. The normalized spacial score (nSPS) is 21.9. The minimum Gasteiger partial charge on any atom is -0.313 e. The van der Waals surface area contributed by atoms with Gasteiger partial charge < -0.3 is 10.3 Å². The third-order valence-electron chi connectivity index (χ3n) is 2.73. The SMILES string of the molecule is CC1CN(S(=O)(=O)c2c[nH]c(=O)[nH]c2=O)CCN1. The second-order valence-electron chi connectivity index (χ2n) is 4.15. The molecule has 1 aromatic rings. The van der Waals surface area contributed by atoms with Crippen molar-refractivity contribution in [2.75, 3.05) is 19.6 Å². The molecule has 0 spiro atoms. The first-order valence-electron chi connectivity index (χ1n) is 5.47. The van der Waals surface area contributed by atoms with Crippen molar-refractivity contribution < 1.29 is 8.42 Å². The van der Waals surface area contributed by atoms with E-state index in [1.807, 2.05) is 11.9 Å². The summed E-state index contributed by atoms with van der Waals surface area (Å²) in [7, 11) is -3.86. The van der Waals surface area contributed by atoms with E-state index >= 15 is 0 Å². The maximum absolute atomic E-state index is 12.2. The lowest BCUT2D eigenvalue weighted by atomic mass is 10.3. The molecule has 1 aliphatic heterocycles. The maximum atomic E-state index is 12.2. The van der Waals surface area contributed by atoms with Crippen LogP contribution >= 0.6 is 0 Å². The molecule has 3 N–H and O–H groups in total. The van der Waals surface area contributed by atoms with Gasteiger partial charge in [0.2, 0.25) is 10.0 Å². The van der Waals surface area contributed by atoms with Gasteiger partial charge in [-0.25, -0.2) is 13.2 Å². The van der Waals surface area contributed by atoms with Crippen molar-refractivity contribution in [3.63, 3.8) is 0 Å².